The topological polar surface area (TPSA) is 46.5 Å². The van der Waals surface area contributed by atoms with Crippen molar-refractivity contribution in [1.29, 1.82) is 0 Å². The van der Waals surface area contributed by atoms with Crippen molar-refractivity contribution in [3.63, 3.8) is 0 Å². The van der Waals surface area contributed by atoms with Gasteiger partial charge in [0.25, 0.3) is 0 Å². The quantitative estimate of drug-likeness (QED) is 0.572. The van der Waals surface area contributed by atoms with Crippen LogP contribution in [0, 0.1) is 0 Å². The molecule has 1 aliphatic rings. The molecule has 0 atom stereocenters. The minimum Gasteiger partial charge on any atom is -0.504 e. The van der Waals surface area contributed by atoms with Crippen molar-refractivity contribution in [2.24, 2.45) is 0 Å². The first kappa shape index (κ1) is 13.6. The van der Waals surface area contributed by atoms with E-state index in [1.54, 1.807) is 18.2 Å². The van der Waals surface area contributed by atoms with Gasteiger partial charge in [0.15, 0.2) is 11.5 Å². The minimum absolute atomic E-state index is 0.0413. The number of phenols is 1. The number of hydrogen-bond donors (Lipinski definition) is 1. The summed E-state index contributed by atoms with van der Waals surface area (Å²) < 4.78 is 5.45. The van der Waals surface area contributed by atoms with Crippen LogP contribution in [0.2, 0.25) is 0 Å². The van der Waals surface area contributed by atoms with Gasteiger partial charge in [0.05, 0.1) is 0 Å². The van der Waals surface area contributed by atoms with Crippen LogP contribution in [0.15, 0.2) is 72.8 Å². The Morgan fingerprint density at radius 3 is 1.91 bits per heavy atom. The van der Waals surface area contributed by atoms with Crippen molar-refractivity contribution < 1.29 is 14.6 Å². The van der Waals surface area contributed by atoms with E-state index in [2.05, 4.69) is 0 Å². The van der Waals surface area contributed by atoms with E-state index in [-0.39, 0.29) is 17.5 Å². The molecule has 3 aromatic rings. The highest BCUT2D eigenvalue weighted by molar-refractivity contribution is 5.94. The summed E-state index contributed by atoms with van der Waals surface area (Å²) in [4.78, 5) is 12.8. The van der Waals surface area contributed by atoms with Gasteiger partial charge in [0.1, 0.15) is 5.92 Å². The molecule has 0 saturated carbocycles. The number of carbonyl (C=O) groups is 1. The number of benzene rings is 3. The molecule has 0 bridgehead atoms. The molecule has 23 heavy (non-hydrogen) atoms. The largest absolute Gasteiger partial charge is 0.504 e. The first-order chi connectivity index (χ1) is 11.3. The molecule has 0 amide bonds. The summed E-state index contributed by atoms with van der Waals surface area (Å²) in [5.74, 6) is -0.717. The van der Waals surface area contributed by atoms with Crippen LogP contribution < -0.4 is 4.74 Å². The molecular weight excluding hydrogens is 288 g/mol. The van der Waals surface area contributed by atoms with Gasteiger partial charge >= 0.3 is 5.97 Å². The van der Waals surface area contributed by atoms with Gasteiger partial charge < -0.3 is 9.84 Å². The van der Waals surface area contributed by atoms with Crippen molar-refractivity contribution >= 4 is 5.97 Å². The van der Waals surface area contributed by atoms with Gasteiger partial charge in [0.2, 0.25) is 0 Å². The number of fused-ring (bicyclic) bond motifs is 3. The summed E-state index contributed by atoms with van der Waals surface area (Å²) >= 11 is 0. The average molecular weight is 302 g/mol. The van der Waals surface area contributed by atoms with Crippen LogP contribution in [-0.4, -0.2) is 11.1 Å². The third-order valence-electron chi connectivity index (χ3n) is 4.15. The van der Waals surface area contributed by atoms with E-state index in [0.717, 1.165) is 22.3 Å². The molecule has 3 nitrogen and oxygen atoms in total. The van der Waals surface area contributed by atoms with Crippen LogP contribution in [0.25, 0.3) is 11.1 Å². The second kappa shape index (κ2) is 5.29. The summed E-state index contributed by atoms with van der Waals surface area (Å²) in [5, 5.41) is 9.82. The number of aromatic hydroxyl groups is 1. The first-order valence-corrected chi connectivity index (χ1v) is 7.43. The van der Waals surface area contributed by atoms with Crippen LogP contribution in [-0.2, 0) is 4.79 Å². The maximum absolute atomic E-state index is 12.8. The summed E-state index contributed by atoms with van der Waals surface area (Å²) in [6, 6.07) is 22.2. The lowest BCUT2D eigenvalue weighted by molar-refractivity contribution is -0.135. The summed E-state index contributed by atoms with van der Waals surface area (Å²) in [5.41, 5.74) is 3.99. The molecule has 0 fully saturated rings. The Morgan fingerprint density at radius 1 is 0.783 bits per heavy atom. The molecule has 112 valence electrons. The van der Waals surface area contributed by atoms with E-state index >= 15 is 0 Å². The highest BCUT2D eigenvalue weighted by Gasteiger charge is 2.35. The normalized spacial score (nSPS) is 12.5. The predicted octanol–water partition coefficient (Wildman–Crippen LogP) is 4.11. The van der Waals surface area contributed by atoms with E-state index in [1.165, 1.54) is 6.07 Å². The maximum Gasteiger partial charge on any atom is 0.323 e. The smallest absolute Gasteiger partial charge is 0.323 e. The Labute approximate surface area is 133 Å². The fourth-order valence-electron chi connectivity index (χ4n) is 3.12. The molecule has 0 radical (unpaired) electrons. The maximum atomic E-state index is 12.8. The van der Waals surface area contributed by atoms with Gasteiger partial charge in [-0.3, -0.25) is 4.79 Å². The molecule has 3 heteroatoms. The fourth-order valence-corrected chi connectivity index (χ4v) is 3.12. The molecule has 0 aromatic heterocycles. The van der Waals surface area contributed by atoms with Gasteiger partial charge in [-0.25, -0.2) is 0 Å². The summed E-state index contributed by atoms with van der Waals surface area (Å²) in [6.07, 6.45) is 0. The van der Waals surface area contributed by atoms with E-state index in [0.29, 0.717) is 0 Å². The van der Waals surface area contributed by atoms with Crippen LogP contribution in [0.4, 0.5) is 0 Å². The zero-order chi connectivity index (χ0) is 15.8. The van der Waals surface area contributed by atoms with Crippen molar-refractivity contribution in [3.05, 3.63) is 83.9 Å². The third kappa shape index (κ3) is 2.18. The lowest BCUT2D eigenvalue weighted by Crippen LogP contribution is -2.18. The van der Waals surface area contributed by atoms with Crippen LogP contribution in [0.5, 0.6) is 11.5 Å². The number of ether oxygens (including phenoxy) is 1. The number of rotatable bonds is 2. The molecule has 0 aliphatic heterocycles. The second-order valence-electron chi connectivity index (χ2n) is 5.50. The Hall–Kier alpha value is -3.07. The number of phenolic OH excluding ortho intramolecular Hbond substituents is 1. The third-order valence-corrected chi connectivity index (χ3v) is 4.15. The zero-order valence-corrected chi connectivity index (χ0v) is 12.3. The molecular formula is C20H14O3. The average Bonchev–Trinajstić information content (AvgIpc) is 2.91. The van der Waals surface area contributed by atoms with Crippen molar-refractivity contribution in [3.8, 4) is 22.6 Å². The molecule has 1 aliphatic carbocycles. The van der Waals surface area contributed by atoms with E-state index in [9.17, 15) is 9.90 Å². The van der Waals surface area contributed by atoms with Crippen molar-refractivity contribution in [2.45, 2.75) is 5.92 Å². The highest BCUT2D eigenvalue weighted by Crippen LogP contribution is 2.45. The van der Waals surface area contributed by atoms with E-state index in [1.807, 2.05) is 48.5 Å². The highest BCUT2D eigenvalue weighted by atomic mass is 16.5. The lowest BCUT2D eigenvalue weighted by atomic mass is 9.97. The number of para-hydroxylation sites is 2. The number of hydrogen-bond acceptors (Lipinski definition) is 3. The van der Waals surface area contributed by atoms with E-state index < -0.39 is 5.92 Å². The summed E-state index contributed by atoms with van der Waals surface area (Å²) in [7, 11) is 0. The molecule has 0 unspecified atom stereocenters. The molecule has 3 aromatic carbocycles. The Morgan fingerprint density at radius 2 is 1.30 bits per heavy atom. The Kier molecular flexibility index (Phi) is 3.12. The van der Waals surface area contributed by atoms with Crippen molar-refractivity contribution in [1.82, 2.24) is 0 Å². The molecule has 0 heterocycles. The van der Waals surface area contributed by atoms with Crippen LogP contribution >= 0.6 is 0 Å². The molecule has 0 saturated heterocycles. The fraction of sp³-hybridized carbons (Fsp3) is 0.0500. The van der Waals surface area contributed by atoms with E-state index in [4.69, 9.17) is 4.74 Å². The van der Waals surface area contributed by atoms with Gasteiger partial charge in [0, 0.05) is 0 Å². The molecule has 0 spiro atoms. The Balaban J connectivity index is 1.77. The van der Waals surface area contributed by atoms with Crippen molar-refractivity contribution in [2.75, 3.05) is 0 Å². The first-order valence-electron chi connectivity index (χ1n) is 7.43. The van der Waals surface area contributed by atoms with Gasteiger partial charge in [-0.2, -0.15) is 0 Å². The number of esters is 1. The van der Waals surface area contributed by atoms with Crippen LogP contribution in [0.1, 0.15) is 17.0 Å². The molecule has 4 rings (SSSR count). The number of carbonyl (C=O) groups excluding carboxylic acids is 1. The monoisotopic (exact) mass is 302 g/mol. The predicted molar refractivity (Wildman–Crippen MR) is 87.5 cm³/mol. The summed E-state index contributed by atoms with van der Waals surface area (Å²) in [6.45, 7) is 0. The zero-order valence-electron chi connectivity index (χ0n) is 12.3. The second-order valence-corrected chi connectivity index (χ2v) is 5.50. The minimum atomic E-state index is -0.470. The van der Waals surface area contributed by atoms with Gasteiger partial charge in [-0.1, -0.05) is 60.7 Å². The molecule has 1 N–H and O–H groups in total. The van der Waals surface area contributed by atoms with Crippen LogP contribution in [0.3, 0.4) is 0 Å². The lowest BCUT2D eigenvalue weighted by Gasteiger charge is -2.13. The Bertz CT molecular complexity index is 853. The SMILES string of the molecule is O=C(Oc1ccccc1O)C1c2ccccc2-c2ccccc21. The standard InChI is InChI=1S/C20H14O3/c21-17-11-5-6-12-18(17)23-20(22)19-15-9-3-1-7-13(15)14-8-2-4-10-16(14)19/h1-12,19,21H. The van der Waals surface area contributed by atoms with Gasteiger partial charge in [-0.15, -0.1) is 0 Å². The van der Waals surface area contributed by atoms with Gasteiger partial charge in [-0.05, 0) is 34.4 Å².